The van der Waals surface area contributed by atoms with Crippen molar-refractivity contribution in [1.29, 1.82) is 0 Å². The fourth-order valence-corrected chi connectivity index (χ4v) is 0.693. The Labute approximate surface area is 76.9 Å². The Balaban J connectivity index is 3.67. The van der Waals surface area contributed by atoms with Crippen molar-refractivity contribution in [2.75, 3.05) is 33.0 Å². The van der Waals surface area contributed by atoms with Crippen molar-refractivity contribution in [2.24, 2.45) is 5.73 Å². The topological polar surface area (TPSA) is 105 Å². The lowest BCUT2D eigenvalue weighted by Crippen LogP contribution is -2.33. The summed E-state index contributed by atoms with van der Waals surface area (Å²) in [6.07, 6.45) is -1.57. The minimum atomic E-state index is -0.840. The van der Waals surface area contributed by atoms with Gasteiger partial charge >= 0.3 is 0 Å². The average molecular weight is 195 g/mol. The van der Waals surface area contributed by atoms with Crippen LogP contribution in [0.3, 0.4) is 0 Å². The summed E-state index contributed by atoms with van der Waals surface area (Å²) < 4.78 is 9.93. The van der Waals surface area contributed by atoms with Crippen LogP contribution in [0.1, 0.15) is 0 Å². The highest BCUT2D eigenvalue weighted by Crippen LogP contribution is 1.99. The minimum Gasteiger partial charge on any atom is -0.394 e. The smallest absolute Gasteiger partial charge is 0.181 e. The van der Waals surface area contributed by atoms with Gasteiger partial charge in [-0.1, -0.05) is 0 Å². The Morgan fingerprint density at radius 3 is 2.08 bits per heavy atom. The van der Waals surface area contributed by atoms with Gasteiger partial charge in [0.2, 0.25) is 0 Å². The van der Waals surface area contributed by atoms with Gasteiger partial charge in [0.15, 0.2) is 6.29 Å². The molecule has 0 rings (SSSR count). The highest BCUT2D eigenvalue weighted by atomic mass is 16.7. The van der Waals surface area contributed by atoms with E-state index in [9.17, 15) is 0 Å². The maximum atomic E-state index is 8.74. The van der Waals surface area contributed by atoms with Crippen LogP contribution in [0.4, 0.5) is 0 Å². The summed E-state index contributed by atoms with van der Waals surface area (Å²) in [4.78, 5) is 0. The van der Waals surface area contributed by atoms with E-state index in [1.54, 1.807) is 0 Å². The zero-order chi connectivity index (χ0) is 10.1. The maximum absolute atomic E-state index is 8.74. The zero-order valence-electron chi connectivity index (χ0n) is 7.43. The molecule has 0 bridgehead atoms. The molecule has 0 aromatic carbocycles. The van der Waals surface area contributed by atoms with E-state index in [0.717, 1.165) is 0 Å². The first-order valence-corrected chi connectivity index (χ1v) is 4.08. The van der Waals surface area contributed by atoms with Gasteiger partial charge in [0.1, 0.15) is 6.10 Å². The van der Waals surface area contributed by atoms with Crippen LogP contribution in [0.2, 0.25) is 0 Å². The Bertz CT molecular complexity index is 109. The van der Waals surface area contributed by atoms with Crippen molar-refractivity contribution < 1.29 is 24.8 Å². The quantitative estimate of drug-likeness (QED) is 0.323. The van der Waals surface area contributed by atoms with Crippen molar-refractivity contribution in [3.63, 3.8) is 0 Å². The highest BCUT2D eigenvalue weighted by Gasteiger charge is 2.14. The molecule has 0 fully saturated rings. The molecule has 5 N–H and O–H groups in total. The summed E-state index contributed by atoms with van der Waals surface area (Å²) in [7, 11) is 0. The second-order valence-corrected chi connectivity index (χ2v) is 2.39. The monoisotopic (exact) mass is 195 g/mol. The third-order valence-electron chi connectivity index (χ3n) is 1.32. The molecule has 80 valence electrons. The van der Waals surface area contributed by atoms with Crippen LogP contribution in [-0.2, 0) is 9.47 Å². The van der Waals surface area contributed by atoms with Crippen molar-refractivity contribution in [2.45, 2.75) is 12.4 Å². The summed E-state index contributed by atoms with van der Waals surface area (Å²) >= 11 is 0. The van der Waals surface area contributed by atoms with E-state index < -0.39 is 12.4 Å². The molecule has 0 aliphatic heterocycles. The molecule has 0 heterocycles. The Morgan fingerprint density at radius 2 is 1.69 bits per heavy atom. The molecule has 0 saturated carbocycles. The zero-order valence-corrected chi connectivity index (χ0v) is 7.43. The third-order valence-corrected chi connectivity index (χ3v) is 1.32. The van der Waals surface area contributed by atoms with E-state index in [2.05, 4.69) is 0 Å². The first kappa shape index (κ1) is 12.8. The molecule has 6 nitrogen and oxygen atoms in total. The molecule has 0 aliphatic rings. The lowest BCUT2D eigenvalue weighted by atomic mass is 10.4. The van der Waals surface area contributed by atoms with Gasteiger partial charge in [-0.2, -0.15) is 0 Å². The van der Waals surface area contributed by atoms with E-state index in [0.29, 0.717) is 6.54 Å². The molecular weight excluding hydrogens is 178 g/mol. The summed E-state index contributed by atoms with van der Waals surface area (Å²) in [6.45, 7) is -0.397. The van der Waals surface area contributed by atoms with Gasteiger partial charge in [-0.15, -0.1) is 0 Å². The van der Waals surface area contributed by atoms with Crippen LogP contribution in [-0.4, -0.2) is 60.7 Å². The molecule has 0 amide bonds. The van der Waals surface area contributed by atoms with Crippen molar-refractivity contribution in [1.82, 2.24) is 0 Å². The maximum Gasteiger partial charge on any atom is 0.181 e. The molecule has 0 radical (unpaired) electrons. The molecule has 13 heavy (non-hydrogen) atoms. The van der Waals surface area contributed by atoms with E-state index in [4.69, 9.17) is 30.5 Å². The van der Waals surface area contributed by atoms with E-state index >= 15 is 0 Å². The lowest BCUT2D eigenvalue weighted by molar-refractivity contribution is -0.199. The fraction of sp³-hybridized carbons (Fsp3) is 1.00. The molecule has 0 aromatic rings. The Morgan fingerprint density at radius 1 is 1.08 bits per heavy atom. The van der Waals surface area contributed by atoms with Gasteiger partial charge in [0.25, 0.3) is 0 Å². The van der Waals surface area contributed by atoms with Crippen LogP contribution >= 0.6 is 0 Å². The van der Waals surface area contributed by atoms with E-state index in [1.807, 2.05) is 0 Å². The standard InChI is InChI=1S/C7H17NO5/c8-1-2-12-7(5-11)13-6(3-9)4-10/h6-7,9-11H,1-5,8H2/t7-/m1/s1. The predicted octanol–water partition coefficient (Wildman–Crippen LogP) is -2.35. The molecule has 0 unspecified atom stereocenters. The van der Waals surface area contributed by atoms with Crippen LogP contribution in [0, 0.1) is 0 Å². The molecule has 0 aliphatic carbocycles. The number of ether oxygens (including phenoxy) is 2. The molecule has 6 heteroatoms. The first-order valence-electron chi connectivity index (χ1n) is 4.08. The molecule has 1 atom stereocenters. The number of hydrogen-bond donors (Lipinski definition) is 4. The molecule has 0 aromatic heterocycles. The predicted molar refractivity (Wildman–Crippen MR) is 44.9 cm³/mol. The first-order chi connectivity index (χ1) is 6.28. The van der Waals surface area contributed by atoms with Gasteiger partial charge in [-0.05, 0) is 0 Å². The van der Waals surface area contributed by atoms with Gasteiger partial charge in [-0.25, -0.2) is 0 Å². The van der Waals surface area contributed by atoms with Gasteiger partial charge in [-0.3, -0.25) is 0 Å². The lowest BCUT2D eigenvalue weighted by Gasteiger charge is -2.20. The van der Waals surface area contributed by atoms with Gasteiger partial charge < -0.3 is 30.5 Å². The molecular formula is C7H17NO5. The summed E-state index contributed by atoms with van der Waals surface area (Å²) in [5.41, 5.74) is 5.17. The van der Waals surface area contributed by atoms with Crippen LogP contribution in [0.15, 0.2) is 0 Å². The summed E-state index contributed by atoms with van der Waals surface area (Å²) in [5, 5.41) is 26.0. The second kappa shape index (κ2) is 8.36. The van der Waals surface area contributed by atoms with Crippen molar-refractivity contribution >= 4 is 0 Å². The van der Waals surface area contributed by atoms with Crippen molar-refractivity contribution in [3.05, 3.63) is 0 Å². The molecule has 0 spiro atoms. The summed E-state index contributed by atoms with van der Waals surface area (Å²) in [5.74, 6) is 0. The number of aliphatic hydroxyl groups is 3. The van der Waals surface area contributed by atoms with Crippen molar-refractivity contribution in [3.8, 4) is 0 Å². The third kappa shape index (κ3) is 5.92. The Hall–Kier alpha value is -0.240. The van der Waals surface area contributed by atoms with E-state index in [-0.39, 0.29) is 26.4 Å². The SMILES string of the molecule is NCCO[C@@H](CO)OC(CO)CO. The number of rotatable bonds is 8. The Kier molecular flexibility index (Phi) is 8.21. The fourth-order valence-electron chi connectivity index (χ4n) is 0.693. The number of hydrogen-bond acceptors (Lipinski definition) is 6. The van der Waals surface area contributed by atoms with E-state index in [1.165, 1.54) is 0 Å². The van der Waals surface area contributed by atoms with Gasteiger partial charge in [0, 0.05) is 6.54 Å². The van der Waals surface area contributed by atoms with Crippen LogP contribution in [0.25, 0.3) is 0 Å². The molecule has 0 saturated heterocycles. The second-order valence-electron chi connectivity index (χ2n) is 2.39. The minimum absolute atomic E-state index is 0.259. The normalized spacial score (nSPS) is 13.6. The van der Waals surface area contributed by atoms with Gasteiger partial charge in [0.05, 0.1) is 26.4 Å². The van der Waals surface area contributed by atoms with Crippen LogP contribution < -0.4 is 5.73 Å². The number of nitrogens with two attached hydrogens (primary N) is 1. The summed E-state index contributed by atoms with van der Waals surface area (Å²) in [6, 6.07) is 0. The number of aliphatic hydroxyl groups excluding tert-OH is 3. The average Bonchev–Trinajstić information content (AvgIpc) is 2.19. The largest absolute Gasteiger partial charge is 0.394 e. The van der Waals surface area contributed by atoms with Crippen LogP contribution in [0.5, 0.6) is 0 Å². The highest BCUT2D eigenvalue weighted by molar-refractivity contribution is 4.54.